The van der Waals surface area contributed by atoms with Crippen molar-refractivity contribution in [2.75, 3.05) is 13.1 Å². The van der Waals surface area contributed by atoms with E-state index in [1.54, 1.807) is 24.3 Å². The predicted octanol–water partition coefficient (Wildman–Crippen LogP) is 2.38. The Kier molecular flexibility index (Phi) is 11.4. The molecule has 0 radical (unpaired) electrons. The molecule has 0 aromatic heterocycles. The van der Waals surface area contributed by atoms with Crippen LogP contribution in [-0.4, -0.2) is 81.6 Å². The lowest BCUT2D eigenvalue weighted by Gasteiger charge is -2.39. The minimum Gasteiger partial charge on any atom is -0.507 e. The number of phenols is 1. The number of nitrogens with two attached hydrogens (primary N) is 1. The highest BCUT2D eigenvalue weighted by molar-refractivity contribution is 6.03. The first-order chi connectivity index (χ1) is 21.8. The smallest absolute Gasteiger partial charge is 0.255 e. The monoisotopic (exact) mass is 631 g/mol. The average Bonchev–Trinajstić information content (AvgIpc) is 2.99. The van der Waals surface area contributed by atoms with Gasteiger partial charge in [-0.05, 0) is 75.0 Å². The van der Waals surface area contributed by atoms with Crippen LogP contribution in [0.25, 0.3) is 10.8 Å². The number of aliphatic hydroxyl groups is 1. The highest BCUT2D eigenvalue weighted by Gasteiger charge is 2.35. The molecule has 246 valence electrons. The number of phenolic OH excluding ortho intramolecular Hbond substituents is 1. The summed E-state index contributed by atoms with van der Waals surface area (Å²) in [5, 5.41) is 32.0. The average molecular weight is 632 g/mol. The van der Waals surface area contributed by atoms with Crippen molar-refractivity contribution in [1.82, 2.24) is 20.9 Å². The van der Waals surface area contributed by atoms with Gasteiger partial charge < -0.3 is 31.9 Å². The largest absolute Gasteiger partial charge is 0.507 e. The maximum Gasteiger partial charge on any atom is 0.255 e. The lowest BCUT2D eigenvalue weighted by Crippen LogP contribution is -2.59. The van der Waals surface area contributed by atoms with Gasteiger partial charge in [0.1, 0.15) is 11.8 Å². The number of hydrogen-bond acceptors (Lipinski definition) is 7. The minimum absolute atomic E-state index is 0.0634. The van der Waals surface area contributed by atoms with Gasteiger partial charge in [0.15, 0.2) is 0 Å². The molecular weight excluding hydrogens is 586 g/mol. The van der Waals surface area contributed by atoms with E-state index in [9.17, 15) is 29.4 Å². The molecule has 3 aromatic carbocycles. The number of carbonyl (C=O) groups excluding carboxylic acids is 4. The van der Waals surface area contributed by atoms with Crippen molar-refractivity contribution >= 4 is 34.4 Å². The van der Waals surface area contributed by atoms with E-state index in [0.717, 1.165) is 23.8 Å². The molecule has 1 fully saturated rings. The normalized spacial score (nSPS) is 17.4. The number of rotatable bonds is 12. The van der Waals surface area contributed by atoms with Crippen molar-refractivity contribution in [3.63, 3.8) is 0 Å². The van der Waals surface area contributed by atoms with Crippen molar-refractivity contribution in [2.45, 2.75) is 82.6 Å². The Balaban J connectivity index is 1.54. The van der Waals surface area contributed by atoms with Crippen LogP contribution in [-0.2, 0) is 20.8 Å². The zero-order valence-electron chi connectivity index (χ0n) is 26.7. The first-order valence-electron chi connectivity index (χ1n) is 15.7. The van der Waals surface area contributed by atoms with E-state index in [4.69, 9.17) is 5.73 Å². The molecule has 0 saturated carbocycles. The molecule has 1 heterocycles. The highest BCUT2D eigenvalue weighted by Crippen LogP contribution is 2.25. The second-order valence-electron chi connectivity index (χ2n) is 13.0. The van der Waals surface area contributed by atoms with Crippen LogP contribution in [0.2, 0.25) is 0 Å². The van der Waals surface area contributed by atoms with Gasteiger partial charge in [0, 0.05) is 12.1 Å². The number of aromatic hydroxyl groups is 1. The van der Waals surface area contributed by atoms with E-state index in [1.807, 2.05) is 56.0 Å². The summed E-state index contributed by atoms with van der Waals surface area (Å²) in [5.41, 5.74) is 5.84. The number of nitrogens with zero attached hydrogens (tertiary/aromatic N) is 1. The van der Waals surface area contributed by atoms with E-state index in [1.165, 1.54) is 12.1 Å². The summed E-state index contributed by atoms with van der Waals surface area (Å²) >= 11 is 0. The summed E-state index contributed by atoms with van der Waals surface area (Å²) in [6, 6.07) is 16.8. The maximum atomic E-state index is 13.7. The van der Waals surface area contributed by atoms with E-state index in [2.05, 4.69) is 16.0 Å². The molecule has 0 spiro atoms. The third-order valence-electron chi connectivity index (χ3n) is 8.06. The SMILES string of the molecule is CC(C)(C)NC(=O)[C@@H]1CCCCN1C[C@@H](O)[C@H](Cc1ccccc1)NC(=O)[C@H](CC(N)=O)NC(=O)c1cc2ccccc2cc1O. The molecule has 4 amide bonds. The van der Waals surface area contributed by atoms with Crippen LogP contribution in [0.5, 0.6) is 5.75 Å². The van der Waals surface area contributed by atoms with Crippen LogP contribution in [0.15, 0.2) is 66.7 Å². The van der Waals surface area contributed by atoms with E-state index in [-0.39, 0.29) is 30.2 Å². The number of amides is 4. The van der Waals surface area contributed by atoms with Gasteiger partial charge in [-0.2, -0.15) is 0 Å². The molecule has 4 atom stereocenters. The molecular formula is C35H45N5O6. The van der Waals surface area contributed by atoms with Gasteiger partial charge in [-0.25, -0.2) is 0 Å². The van der Waals surface area contributed by atoms with Crippen LogP contribution in [0.3, 0.4) is 0 Å². The molecule has 1 aliphatic rings. The van der Waals surface area contributed by atoms with Gasteiger partial charge in [-0.1, -0.05) is 61.0 Å². The van der Waals surface area contributed by atoms with Gasteiger partial charge in [-0.3, -0.25) is 24.1 Å². The number of nitrogens with one attached hydrogen (secondary N) is 3. The molecule has 0 bridgehead atoms. The summed E-state index contributed by atoms with van der Waals surface area (Å²) < 4.78 is 0. The van der Waals surface area contributed by atoms with Crippen molar-refractivity contribution in [3.8, 4) is 5.75 Å². The number of β-amino-alcohol motifs (C(OH)–C–C–N with tert-alkyl or cyclic N) is 1. The van der Waals surface area contributed by atoms with Gasteiger partial charge in [0.25, 0.3) is 5.91 Å². The Bertz CT molecular complexity index is 1540. The minimum atomic E-state index is -1.37. The van der Waals surface area contributed by atoms with Crippen LogP contribution in [0.1, 0.15) is 62.4 Å². The topological polar surface area (TPSA) is 174 Å². The molecule has 4 rings (SSSR count). The Morgan fingerprint density at radius 1 is 0.957 bits per heavy atom. The van der Waals surface area contributed by atoms with E-state index < -0.39 is 53.9 Å². The fourth-order valence-corrected chi connectivity index (χ4v) is 5.82. The number of likely N-dealkylation sites (tertiary alicyclic amines) is 1. The number of carbonyl (C=O) groups is 4. The van der Waals surface area contributed by atoms with Crippen LogP contribution >= 0.6 is 0 Å². The Hall–Kier alpha value is -4.48. The van der Waals surface area contributed by atoms with Gasteiger partial charge in [0.05, 0.1) is 30.2 Å². The Morgan fingerprint density at radius 2 is 1.61 bits per heavy atom. The van der Waals surface area contributed by atoms with Gasteiger partial charge >= 0.3 is 0 Å². The van der Waals surface area contributed by atoms with Crippen molar-refractivity contribution in [2.24, 2.45) is 5.73 Å². The number of fused-ring (bicyclic) bond motifs is 1. The van der Waals surface area contributed by atoms with Crippen LogP contribution in [0, 0.1) is 0 Å². The zero-order chi connectivity index (χ0) is 33.4. The molecule has 46 heavy (non-hydrogen) atoms. The highest BCUT2D eigenvalue weighted by atomic mass is 16.3. The molecule has 0 aliphatic carbocycles. The lowest BCUT2D eigenvalue weighted by molar-refractivity contribution is -0.131. The van der Waals surface area contributed by atoms with E-state index >= 15 is 0 Å². The number of piperidine rings is 1. The maximum absolute atomic E-state index is 13.7. The zero-order valence-corrected chi connectivity index (χ0v) is 26.7. The molecule has 11 nitrogen and oxygen atoms in total. The Morgan fingerprint density at radius 3 is 2.26 bits per heavy atom. The first-order valence-corrected chi connectivity index (χ1v) is 15.7. The summed E-state index contributed by atoms with van der Waals surface area (Å²) in [5.74, 6) is -2.68. The summed E-state index contributed by atoms with van der Waals surface area (Å²) in [6.45, 7) is 6.49. The first kappa shape index (κ1) is 34.4. The number of benzene rings is 3. The fourth-order valence-electron chi connectivity index (χ4n) is 5.82. The van der Waals surface area contributed by atoms with Crippen LogP contribution < -0.4 is 21.7 Å². The summed E-state index contributed by atoms with van der Waals surface area (Å²) in [7, 11) is 0. The number of primary amides is 1. The van der Waals surface area contributed by atoms with Crippen molar-refractivity contribution in [1.29, 1.82) is 0 Å². The third-order valence-corrected chi connectivity index (χ3v) is 8.06. The number of hydrogen-bond donors (Lipinski definition) is 6. The summed E-state index contributed by atoms with van der Waals surface area (Å²) in [4.78, 5) is 54.1. The van der Waals surface area contributed by atoms with Crippen molar-refractivity contribution < 1.29 is 29.4 Å². The standard InChI is InChI=1S/C35H45N5O6/c1-35(2,3)39-34(46)28-15-9-10-16-40(28)21-30(42)26(17-22-11-5-4-6-12-22)37-33(45)27(20-31(36)43)38-32(44)25-18-23-13-7-8-14-24(23)19-29(25)41/h4-8,11-14,18-19,26-28,30,41-42H,9-10,15-17,20-21H2,1-3H3,(H2,36,43)(H,37,45)(H,38,44)(H,39,46)/t26-,27-,28-,30+/m0/s1. The van der Waals surface area contributed by atoms with Crippen molar-refractivity contribution in [3.05, 3.63) is 77.9 Å². The second kappa shape index (κ2) is 15.2. The van der Waals surface area contributed by atoms with Gasteiger partial charge in [-0.15, -0.1) is 0 Å². The third kappa shape index (κ3) is 9.51. The fraction of sp³-hybridized carbons (Fsp3) is 0.429. The lowest BCUT2D eigenvalue weighted by atomic mass is 9.96. The van der Waals surface area contributed by atoms with Gasteiger partial charge in [0.2, 0.25) is 17.7 Å². The molecule has 11 heteroatoms. The quantitative estimate of drug-likeness (QED) is 0.178. The predicted molar refractivity (Wildman–Crippen MR) is 176 cm³/mol. The molecule has 3 aromatic rings. The molecule has 7 N–H and O–H groups in total. The molecule has 1 saturated heterocycles. The Labute approximate surface area is 269 Å². The number of aliphatic hydroxyl groups excluding tert-OH is 1. The van der Waals surface area contributed by atoms with E-state index in [0.29, 0.717) is 18.4 Å². The molecule has 1 aliphatic heterocycles. The summed E-state index contributed by atoms with van der Waals surface area (Å²) in [6.07, 6.45) is 1.07. The second-order valence-corrected chi connectivity index (χ2v) is 13.0. The molecule has 0 unspecified atom stereocenters. The van der Waals surface area contributed by atoms with Crippen LogP contribution in [0.4, 0.5) is 0 Å².